The van der Waals surface area contributed by atoms with E-state index in [0.29, 0.717) is 19.2 Å². The number of hydrogen-bond acceptors (Lipinski definition) is 4. The van der Waals surface area contributed by atoms with Gasteiger partial charge in [-0.1, -0.05) is 6.92 Å². The van der Waals surface area contributed by atoms with E-state index in [9.17, 15) is 4.79 Å². The Hall–Kier alpha value is -1.36. The number of carbonyl (C=O) groups is 1. The fourth-order valence-electron chi connectivity index (χ4n) is 2.42. The smallest absolute Gasteiger partial charge is 0.320 e. The van der Waals surface area contributed by atoms with Gasteiger partial charge in [0.1, 0.15) is 0 Å². The molecule has 0 atom stereocenters. The highest BCUT2D eigenvalue weighted by molar-refractivity contribution is 5.71. The van der Waals surface area contributed by atoms with E-state index in [1.54, 1.807) is 0 Å². The zero-order valence-corrected chi connectivity index (χ0v) is 12.8. The van der Waals surface area contributed by atoms with Gasteiger partial charge in [-0.3, -0.25) is 14.4 Å². The van der Waals surface area contributed by atoms with Gasteiger partial charge >= 0.3 is 5.97 Å². The molecule has 0 aromatic carbocycles. The van der Waals surface area contributed by atoms with Gasteiger partial charge in [-0.15, -0.1) is 0 Å². The molecule has 1 aliphatic rings. The van der Waals surface area contributed by atoms with Crippen LogP contribution in [-0.4, -0.2) is 39.8 Å². The van der Waals surface area contributed by atoms with Crippen LogP contribution >= 0.6 is 0 Å². The number of hydrogen-bond donors (Lipinski definition) is 0. The van der Waals surface area contributed by atoms with Crippen molar-refractivity contribution in [1.29, 1.82) is 0 Å². The summed E-state index contributed by atoms with van der Waals surface area (Å²) < 4.78 is 7.11. The molecule has 0 N–H and O–H groups in total. The Balaban J connectivity index is 2.04. The molecular weight excluding hydrogens is 254 g/mol. The van der Waals surface area contributed by atoms with Gasteiger partial charge in [0.25, 0.3) is 0 Å². The Kier molecular flexibility index (Phi) is 5.17. The molecule has 0 spiro atoms. The van der Waals surface area contributed by atoms with Gasteiger partial charge in [-0.05, 0) is 39.2 Å². The number of nitrogens with zero attached hydrogens (tertiary/aromatic N) is 3. The van der Waals surface area contributed by atoms with Crippen LogP contribution in [0.2, 0.25) is 0 Å². The molecule has 1 fully saturated rings. The lowest BCUT2D eigenvalue weighted by Gasteiger charge is -2.21. The summed E-state index contributed by atoms with van der Waals surface area (Å²) in [5.74, 6) is -0.127. The first-order valence-corrected chi connectivity index (χ1v) is 7.63. The molecule has 20 heavy (non-hydrogen) atoms. The molecule has 0 saturated heterocycles. The maximum atomic E-state index is 11.7. The van der Waals surface area contributed by atoms with Crippen LogP contribution in [0.15, 0.2) is 6.07 Å². The molecule has 1 aliphatic carbocycles. The Morgan fingerprint density at radius 3 is 2.75 bits per heavy atom. The second kappa shape index (κ2) is 6.88. The SMILES string of the molecule is CCOC(=O)CN(Cc1cc(CC)nn1CC)C1CC1. The topological polar surface area (TPSA) is 47.4 Å². The van der Waals surface area contributed by atoms with Crippen molar-refractivity contribution in [1.82, 2.24) is 14.7 Å². The minimum Gasteiger partial charge on any atom is -0.465 e. The van der Waals surface area contributed by atoms with E-state index in [4.69, 9.17) is 4.74 Å². The average Bonchev–Trinajstić information content (AvgIpc) is 3.20. The number of ether oxygens (including phenoxy) is 1. The standard InChI is InChI=1S/C15H25N3O2/c1-4-12-9-14(18(5-2)16-12)10-17(13-7-8-13)11-15(19)20-6-3/h9,13H,4-8,10-11H2,1-3H3. The second-order valence-electron chi connectivity index (χ2n) is 5.24. The van der Waals surface area contributed by atoms with Crippen molar-refractivity contribution < 1.29 is 9.53 Å². The van der Waals surface area contributed by atoms with Gasteiger partial charge < -0.3 is 4.74 Å². The van der Waals surface area contributed by atoms with Gasteiger partial charge in [0, 0.05) is 19.1 Å². The number of aryl methyl sites for hydroxylation is 2. The second-order valence-corrected chi connectivity index (χ2v) is 5.24. The van der Waals surface area contributed by atoms with Crippen molar-refractivity contribution in [2.45, 2.75) is 59.2 Å². The minimum absolute atomic E-state index is 0.127. The van der Waals surface area contributed by atoms with E-state index < -0.39 is 0 Å². The number of carbonyl (C=O) groups excluding carboxylic acids is 1. The summed E-state index contributed by atoms with van der Waals surface area (Å²) in [5, 5.41) is 4.57. The number of esters is 1. The van der Waals surface area contributed by atoms with Gasteiger partial charge in [0.2, 0.25) is 0 Å². The third-order valence-corrected chi connectivity index (χ3v) is 3.64. The summed E-state index contributed by atoms with van der Waals surface area (Å²) in [5.41, 5.74) is 2.31. The maximum absolute atomic E-state index is 11.7. The highest BCUT2D eigenvalue weighted by Crippen LogP contribution is 2.28. The molecule has 0 radical (unpaired) electrons. The molecular formula is C15H25N3O2. The van der Waals surface area contributed by atoms with E-state index in [1.807, 2.05) is 11.6 Å². The summed E-state index contributed by atoms with van der Waals surface area (Å²) in [6.07, 6.45) is 3.31. The van der Waals surface area contributed by atoms with Crippen molar-refractivity contribution in [3.8, 4) is 0 Å². The average molecular weight is 279 g/mol. The molecule has 5 heteroatoms. The fourth-order valence-corrected chi connectivity index (χ4v) is 2.42. The molecule has 0 bridgehead atoms. The van der Waals surface area contributed by atoms with Crippen molar-refractivity contribution in [2.24, 2.45) is 0 Å². The van der Waals surface area contributed by atoms with Crippen LogP contribution in [0.1, 0.15) is 45.0 Å². The Labute approximate surface area is 120 Å². The Morgan fingerprint density at radius 2 is 2.20 bits per heavy atom. The van der Waals surface area contributed by atoms with E-state index in [2.05, 4.69) is 29.9 Å². The van der Waals surface area contributed by atoms with Crippen LogP contribution in [0.4, 0.5) is 0 Å². The van der Waals surface area contributed by atoms with Crippen LogP contribution in [0.5, 0.6) is 0 Å². The van der Waals surface area contributed by atoms with Gasteiger partial charge in [0.05, 0.1) is 24.5 Å². The Morgan fingerprint density at radius 1 is 1.45 bits per heavy atom. The largest absolute Gasteiger partial charge is 0.465 e. The first-order valence-electron chi connectivity index (χ1n) is 7.63. The zero-order chi connectivity index (χ0) is 14.5. The quantitative estimate of drug-likeness (QED) is 0.683. The van der Waals surface area contributed by atoms with Crippen LogP contribution in [0.25, 0.3) is 0 Å². The first-order chi connectivity index (χ1) is 9.67. The Bertz CT molecular complexity index is 452. The third-order valence-electron chi connectivity index (χ3n) is 3.64. The lowest BCUT2D eigenvalue weighted by atomic mass is 10.3. The van der Waals surface area contributed by atoms with Gasteiger partial charge in [-0.25, -0.2) is 0 Å². The van der Waals surface area contributed by atoms with Crippen LogP contribution in [0, 0.1) is 0 Å². The van der Waals surface area contributed by atoms with Crippen molar-refractivity contribution in [3.05, 3.63) is 17.5 Å². The van der Waals surface area contributed by atoms with Gasteiger partial charge in [-0.2, -0.15) is 5.10 Å². The van der Waals surface area contributed by atoms with E-state index in [1.165, 1.54) is 18.5 Å². The summed E-state index contributed by atoms with van der Waals surface area (Å²) >= 11 is 0. The van der Waals surface area contributed by atoms with Crippen molar-refractivity contribution >= 4 is 5.97 Å². The zero-order valence-electron chi connectivity index (χ0n) is 12.8. The molecule has 0 unspecified atom stereocenters. The lowest BCUT2D eigenvalue weighted by Crippen LogP contribution is -2.33. The molecule has 1 aromatic rings. The molecule has 1 aromatic heterocycles. The third kappa shape index (κ3) is 3.82. The number of rotatable bonds is 8. The summed E-state index contributed by atoms with van der Waals surface area (Å²) in [6, 6.07) is 2.69. The minimum atomic E-state index is -0.127. The van der Waals surface area contributed by atoms with E-state index >= 15 is 0 Å². The van der Waals surface area contributed by atoms with Crippen molar-refractivity contribution in [3.63, 3.8) is 0 Å². The fraction of sp³-hybridized carbons (Fsp3) is 0.733. The molecule has 1 saturated carbocycles. The summed E-state index contributed by atoms with van der Waals surface area (Å²) in [6.45, 7) is 8.54. The molecule has 1 heterocycles. The predicted molar refractivity (Wildman–Crippen MR) is 77.3 cm³/mol. The van der Waals surface area contributed by atoms with Crippen LogP contribution in [0.3, 0.4) is 0 Å². The van der Waals surface area contributed by atoms with E-state index in [0.717, 1.165) is 25.2 Å². The van der Waals surface area contributed by atoms with Crippen molar-refractivity contribution in [2.75, 3.05) is 13.2 Å². The van der Waals surface area contributed by atoms with Gasteiger partial charge in [0.15, 0.2) is 0 Å². The van der Waals surface area contributed by atoms with Crippen LogP contribution < -0.4 is 0 Å². The normalized spacial score (nSPS) is 14.8. The predicted octanol–water partition coefficient (Wildman–Crippen LogP) is 1.99. The molecule has 0 amide bonds. The van der Waals surface area contributed by atoms with Crippen LogP contribution in [-0.2, 0) is 29.0 Å². The molecule has 2 rings (SSSR count). The molecule has 5 nitrogen and oxygen atoms in total. The summed E-state index contributed by atoms with van der Waals surface area (Å²) in [7, 11) is 0. The molecule has 0 aliphatic heterocycles. The first kappa shape index (κ1) is 15.0. The number of aromatic nitrogens is 2. The lowest BCUT2D eigenvalue weighted by molar-refractivity contribution is -0.144. The molecule has 112 valence electrons. The summed E-state index contributed by atoms with van der Waals surface area (Å²) in [4.78, 5) is 13.9. The monoisotopic (exact) mass is 279 g/mol. The highest BCUT2D eigenvalue weighted by Gasteiger charge is 2.31. The maximum Gasteiger partial charge on any atom is 0.320 e. The van der Waals surface area contributed by atoms with E-state index in [-0.39, 0.29) is 5.97 Å². The highest BCUT2D eigenvalue weighted by atomic mass is 16.5.